The molecular weight excluding hydrogens is 448 g/mol. The molecular formula is C24H11F6NS. The second-order valence-electron chi connectivity index (χ2n) is 7.72. The highest BCUT2D eigenvalue weighted by molar-refractivity contribution is 7.26. The van der Waals surface area contributed by atoms with E-state index in [1.807, 2.05) is 12.1 Å². The van der Waals surface area contributed by atoms with Gasteiger partial charge in [-0.3, -0.25) is 0 Å². The molecule has 6 rings (SSSR count). The lowest BCUT2D eigenvalue weighted by molar-refractivity contribution is -0.138. The van der Waals surface area contributed by atoms with E-state index in [0.29, 0.717) is 27.2 Å². The van der Waals surface area contributed by atoms with Crippen molar-refractivity contribution in [3.8, 4) is 0 Å². The van der Waals surface area contributed by atoms with Gasteiger partial charge in [-0.15, -0.1) is 11.3 Å². The Labute approximate surface area is 179 Å². The van der Waals surface area contributed by atoms with Crippen LogP contribution in [-0.4, -0.2) is 4.98 Å². The maximum absolute atomic E-state index is 13.2. The minimum atomic E-state index is -4.44. The number of benzene rings is 4. The van der Waals surface area contributed by atoms with Crippen LogP contribution in [0.3, 0.4) is 0 Å². The van der Waals surface area contributed by atoms with Crippen molar-refractivity contribution in [2.24, 2.45) is 0 Å². The Morgan fingerprint density at radius 3 is 1.75 bits per heavy atom. The number of aromatic amines is 1. The molecule has 4 aromatic carbocycles. The molecule has 2 heterocycles. The van der Waals surface area contributed by atoms with E-state index in [2.05, 4.69) is 4.98 Å². The van der Waals surface area contributed by atoms with Crippen LogP contribution in [-0.2, 0) is 12.4 Å². The topological polar surface area (TPSA) is 15.8 Å². The second-order valence-corrected chi connectivity index (χ2v) is 8.77. The first kappa shape index (κ1) is 19.4. The predicted molar refractivity (Wildman–Crippen MR) is 116 cm³/mol. The van der Waals surface area contributed by atoms with E-state index in [0.717, 1.165) is 43.8 Å². The molecule has 0 aliphatic carbocycles. The normalized spacial score (nSPS) is 13.3. The van der Waals surface area contributed by atoms with E-state index < -0.39 is 23.5 Å². The van der Waals surface area contributed by atoms with E-state index in [1.165, 1.54) is 29.5 Å². The van der Waals surface area contributed by atoms with Crippen LogP contribution in [0, 0.1) is 0 Å². The molecule has 0 aliphatic rings. The lowest BCUT2D eigenvalue weighted by Crippen LogP contribution is -2.03. The summed E-state index contributed by atoms with van der Waals surface area (Å²) in [5, 5.41) is 4.04. The number of hydrogen-bond acceptors (Lipinski definition) is 1. The molecule has 1 nitrogen and oxygen atoms in total. The Balaban J connectivity index is 1.66. The van der Waals surface area contributed by atoms with Crippen molar-refractivity contribution < 1.29 is 26.3 Å². The summed E-state index contributed by atoms with van der Waals surface area (Å²) < 4.78 is 80.7. The molecule has 2 aromatic heterocycles. The largest absolute Gasteiger partial charge is 0.416 e. The number of fused-ring (bicyclic) bond motifs is 9. The highest BCUT2D eigenvalue weighted by atomic mass is 32.1. The maximum Gasteiger partial charge on any atom is 0.416 e. The van der Waals surface area contributed by atoms with Gasteiger partial charge in [-0.25, -0.2) is 0 Å². The van der Waals surface area contributed by atoms with Gasteiger partial charge in [0.05, 0.1) is 16.6 Å². The fourth-order valence-corrected chi connectivity index (χ4v) is 5.57. The molecule has 160 valence electrons. The predicted octanol–water partition coefficient (Wildman–Crippen LogP) is 8.88. The van der Waals surface area contributed by atoms with Gasteiger partial charge in [0.2, 0.25) is 0 Å². The molecule has 0 fully saturated rings. The number of aromatic nitrogens is 1. The summed E-state index contributed by atoms with van der Waals surface area (Å²) in [7, 11) is 0. The van der Waals surface area contributed by atoms with E-state index in [1.54, 1.807) is 12.1 Å². The fraction of sp³-hybridized carbons (Fsp3) is 0.0833. The number of rotatable bonds is 0. The highest BCUT2D eigenvalue weighted by Gasteiger charge is 2.31. The zero-order valence-corrected chi connectivity index (χ0v) is 16.8. The number of halogens is 6. The van der Waals surface area contributed by atoms with Gasteiger partial charge in [-0.05, 0) is 36.4 Å². The SMILES string of the molecule is FC(F)(F)c1ccc2[nH]c3c(ccc4c3ccc3c5cc(C(F)(F)F)ccc5sc34)c2c1. The van der Waals surface area contributed by atoms with Crippen LogP contribution in [0.4, 0.5) is 26.3 Å². The molecule has 0 unspecified atom stereocenters. The average molecular weight is 459 g/mol. The lowest BCUT2D eigenvalue weighted by atomic mass is 10.0. The minimum absolute atomic E-state index is 0.475. The summed E-state index contributed by atoms with van der Waals surface area (Å²) in [5.74, 6) is 0. The van der Waals surface area contributed by atoms with Crippen molar-refractivity contribution >= 4 is 64.1 Å². The molecule has 6 aromatic rings. The fourth-order valence-electron chi connectivity index (χ4n) is 4.36. The molecule has 0 radical (unpaired) electrons. The molecule has 0 atom stereocenters. The van der Waals surface area contributed by atoms with Gasteiger partial charge >= 0.3 is 12.4 Å². The first-order chi connectivity index (χ1) is 15.1. The van der Waals surface area contributed by atoms with Crippen molar-refractivity contribution in [1.29, 1.82) is 0 Å². The maximum atomic E-state index is 13.2. The van der Waals surface area contributed by atoms with Gasteiger partial charge in [0.1, 0.15) is 0 Å². The van der Waals surface area contributed by atoms with Gasteiger partial charge in [0, 0.05) is 47.2 Å². The van der Waals surface area contributed by atoms with Gasteiger partial charge in [-0.2, -0.15) is 26.3 Å². The van der Waals surface area contributed by atoms with Crippen molar-refractivity contribution in [1.82, 2.24) is 4.98 Å². The van der Waals surface area contributed by atoms with Crippen LogP contribution in [0.15, 0.2) is 60.7 Å². The summed E-state index contributed by atoms with van der Waals surface area (Å²) >= 11 is 1.40. The van der Waals surface area contributed by atoms with E-state index >= 15 is 0 Å². The number of H-pyrrole nitrogens is 1. The monoisotopic (exact) mass is 459 g/mol. The number of nitrogens with one attached hydrogen (secondary N) is 1. The van der Waals surface area contributed by atoms with E-state index in [-0.39, 0.29) is 0 Å². The smallest absolute Gasteiger partial charge is 0.354 e. The summed E-state index contributed by atoms with van der Waals surface area (Å²) in [6.45, 7) is 0. The first-order valence-electron chi connectivity index (χ1n) is 9.59. The van der Waals surface area contributed by atoms with Crippen molar-refractivity contribution in [3.05, 3.63) is 71.8 Å². The average Bonchev–Trinajstić information content (AvgIpc) is 3.29. The quantitative estimate of drug-likeness (QED) is 0.218. The molecule has 0 amide bonds. The third-order valence-corrected chi connectivity index (χ3v) is 7.08. The van der Waals surface area contributed by atoms with Crippen molar-refractivity contribution in [2.75, 3.05) is 0 Å². The highest BCUT2D eigenvalue weighted by Crippen LogP contribution is 2.43. The van der Waals surface area contributed by atoms with Crippen molar-refractivity contribution in [3.63, 3.8) is 0 Å². The zero-order valence-electron chi connectivity index (χ0n) is 15.9. The summed E-state index contributed by atoms with van der Waals surface area (Å²) in [6, 6.07) is 14.5. The van der Waals surface area contributed by atoms with E-state index in [9.17, 15) is 26.3 Å². The van der Waals surface area contributed by atoms with E-state index in [4.69, 9.17) is 0 Å². The molecule has 0 bridgehead atoms. The third kappa shape index (κ3) is 2.72. The Bertz CT molecular complexity index is 1570. The molecule has 1 N–H and O–H groups in total. The van der Waals surface area contributed by atoms with Crippen LogP contribution < -0.4 is 0 Å². The Morgan fingerprint density at radius 2 is 1.09 bits per heavy atom. The Hall–Kier alpha value is -3.26. The standard InChI is InChI=1S/C24H11F6NS/c25-23(26,27)11-1-7-19-17(9-11)14-4-5-15-13(21(14)31-19)3-6-16-18-10-12(24(28,29)30)2-8-20(18)32-22(15)16/h1-10,31H. The molecule has 0 aliphatic heterocycles. The number of thiophene rings is 1. The summed E-state index contributed by atoms with van der Waals surface area (Å²) in [6.07, 6.45) is -8.86. The molecule has 0 saturated carbocycles. The third-order valence-electron chi connectivity index (χ3n) is 5.86. The number of hydrogen-bond donors (Lipinski definition) is 1. The second kappa shape index (κ2) is 6.16. The first-order valence-corrected chi connectivity index (χ1v) is 10.4. The number of alkyl halides is 6. The summed E-state index contributed by atoms with van der Waals surface area (Å²) in [5.41, 5.74) is -0.123. The summed E-state index contributed by atoms with van der Waals surface area (Å²) in [4.78, 5) is 3.22. The minimum Gasteiger partial charge on any atom is -0.354 e. The molecule has 8 heteroatoms. The zero-order chi connectivity index (χ0) is 22.4. The Kier molecular flexibility index (Phi) is 3.74. The van der Waals surface area contributed by atoms with Crippen molar-refractivity contribution in [2.45, 2.75) is 12.4 Å². The van der Waals surface area contributed by atoms with Crippen LogP contribution in [0.5, 0.6) is 0 Å². The van der Waals surface area contributed by atoms with Crippen LogP contribution in [0.1, 0.15) is 11.1 Å². The molecule has 32 heavy (non-hydrogen) atoms. The van der Waals surface area contributed by atoms with Crippen LogP contribution >= 0.6 is 11.3 Å². The Morgan fingerprint density at radius 1 is 0.562 bits per heavy atom. The van der Waals surface area contributed by atoms with Crippen LogP contribution in [0.25, 0.3) is 52.8 Å². The van der Waals surface area contributed by atoms with Gasteiger partial charge < -0.3 is 4.98 Å². The lowest BCUT2D eigenvalue weighted by Gasteiger charge is -2.06. The molecule has 0 saturated heterocycles. The van der Waals surface area contributed by atoms with Crippen LogP contribution in [0.2, 0.25) is 0 Å². The van der Waals surface area contributed by atoms with Gasteiger partial charge in [-0.1, -0.05) is 24.3 Å². The molecule has 0 spiro atoms. The van der Waals surface area contributed by atoms with Gasteiger partial charge in [0.25, 0.3) is 0 Å². The van der Waals surface area contributed by atoms with Gasteiger partial charge in [0.15, 0.2) is 0 Å².